The van der Waals surface area contributed by atoms with Gasteiger partial charge in [0.05, 0.1) is 31.5 Å². The normalized spacial score (nSPS) is 10.6. The van der Waals surface area contributed by atoms with Crippen LogP contribution in [0.1, 0.15) is 22.4 Å². The van der Waals surface area contributed by atoms with Gasteiger partial charge in [0.1, 0.15) is 11.6 Å². The third kappa shape index (κ3) is 4.50. The number of nitrogens with zero attached hydrogens (tertiary/aromatic N) is 3. The molecule has 0 aliphatic rings. The highest BCUT2D eigenvalue weighted by atomic mass is 79.9. The van der Waals surface area contributed by atoms with Crippen LogP contribution in [0, 0.1) is 18.3 Å². The number of hydrogen-bond donors (Lipinski definition) is 1. The average Bonchev–Trinajstić information content (AvgIpc) is 2.61. The second kappa shape index (κ2) is 9.17. The third-order valence-corrected chi connectivity index (χ3v) is 4.07. The molecule has 0 radical (unpaired) electrons. The van der Waals surface area contributed by atoms with Crippen molar-refractivity contribution < 1.29 is 14.2 Å². The number of halogens is 1. The second-order valence-corrected chi connectivity index (χ2v) is 6.15. The number of aromatic nitrogens is 1. The van der Waals surface area contributed by atoms with Gasteiger partial charge in [-0.3, -0.25) is 5.43 Å². The molecule has 1 aromatic carbocycles. The molecule has 8 heteroatoms. The van der Waals surface area contributed by atoms with Gasteiger partial charge in [-0.15, -0.1) is 0 Å². The number of hydrazone groups is 1. The molecule has 0 atom stereocenters. The Hall–Kier alpha value is -2.63. The molecule has 1 aromatic heterocycles. The minimum atomic E-state index is 0.327. The van der Waals surface area contributed by atoms with Crippen LogP contribution in [0.5, 0.6) is 11.5 Å². The number of aryl methyl sites for hydroxylation is 1. The molecular weight excluding hydrogens is 400 g/mol. The number of pyridine rings is 1. The number of ether oxygens (including phenoxy) is 3. The Labute approximate surface area is 160 Å². The highest BCUT2D eigenvalue weighted by molar-refractivity contribution is 9.10. The monoisotopic (exact) mass is 418 g/mol. The molecule has 1 heterocycles. The van der Waals surface area contributed by atoms with Crippen molar-refractivity contribution in [2.24, 2.45) is 5.10 Å². The van der Waals surface area contributed by atoms with E-state index in [-0.39, 0.29) is 0 Å². The van der Waals surface area contributed by atoms with Gasteiger partial charge in [-0.1, -0.05) is 0 Å². The maximum absolute atomic E-state index is 9.42. The number of nitriles is 1. The van der Waals surface area contributed by atoms with Crippen molar-refractivity contribution in [2.75, 3.05) is 26.8 Å². The van der Waals surface area contributed by atoms with Gasteiger partial charge in [0.2, 0.25) is 0 Å². The second-order valence-electron chi connectivity index (χ2n) is 5.30. The van der Waals surface area contributed by atoms with E-state index in [1.807, 2.05) is 19.1 Å². The van der Waals surface area contributed by atoms with Gasteiger partial charge in [0, 0.05) is 18.4 Å². The largest absolute Gasteiger partial charge is 0.493 e. The molecule has 0 spiro atoms. The van der Waals surface area contributed by atoms with Crippen LogP contribution in [-0.4, -0.2) is 32.5 Å². The highest BCUT2D eigenvalue weighted by Gasteiger charge is 2.12. The van der Waals surface area contributed by atoms with Crippen LogP contribution in [0.25, 0.3) is 0 Å². The van der Waals surface area contributed by atoms with Crippen LogP contribution in [0.15, 0.2) is 27.8 Å². The Morgan fingerprint density at radius 2 is 2.04 bits per heavy atom. The van der Waals surface area contributed by atoms with Gasteiger partial charge < -0.3 is 14.2 Å². The van der Waals surface area contributed by atoms with Crippen LogP contribution >= 0.6 is 15.9 Å². The first-order chi connectivity index (χ1) is 12.5. The molecule has 136 valence electrons. The first-order valence-electron chi connectivity index (χ1n) is 7.64. The molecule has 2 aromatic rings. The molecule has 0 saturated carbocycles. The smallest absolute Gasteiger partial charge is 0.174 e. The lowest BCUT2D eigenvalue weighted by atomic mass is 10.1. The van der Waals surface area contributed by atoms with E-state index in [9.17, 15) is 5.26 Å². The van der Waals surface area contributed by atoms with Crippen LogP contribution < -0.4 is 14.9 Å². The fourth-order valence-corrected chi connectivity index (χ4v) is 3.02. The van der Waals surface area contributed by atoms with Crippen molar-refractivity contribution in [3.8, 4) is 17.6 Å². The lowest BCUT2D eigenvalue weighted by Crippen LogP contribution is -2.03. The highest BCUT2D eigenvalue weighted by Crippen LogP contribution is 2.35. The number of benzene rings is 1. The summed E-state index contributed by atoms with van der Waals surface area (Å²) in [6.07, 6.45) is 1.61. The SMILES string of the molecule is COCc1cc(C)nc(N/N=C\c2cc(Br)c(OC)c(OC)c2)c1C#N. The summed E-state index contributed by atoms with van der Waals surface area (Å²) >= 11 is 3.44. The number of hydrogen-bond acceptors (Lipinski definition) is 7. The molecular formula is C18H19BrN4O3. The van der Waals surface area contributed by atoms with E-state index in [2.05, 4.69) is 37.5 Å². The number of rotatable bonds is 7. The van der Waals surface area contributed by atoms with Gasteiger partial charge in [-0.2, -0.15) is 10.4 Å². The van der Waals surface area contributed by atoms with Gasteiger partial charge >= 0.3 is 0 Å². The third-order valence-electron chi connectivity index (χ3n) is 3.48. The summed E-state index contributed by atoms with van der Waals surface area (Å²) in [6.45, 7) is 2.17. The molecule has 0 saturated heterocycles. The van der Waals surface area contributed by atoms with Crippen molar-refractivity contribution in [1.82, 2.24) is 4.98 Å². The molecule has 1 N–H and O–H groups in total. The van der Waals surface area contributed by atoms with Crippen LogP contribution in [0.3, 0.4) is 0 Å². The predicted octanol–water partition coefficient (Wildman–Crippen LogP) is 3.63. The zero-order chi connectivity index (χ0) is 19.1. The first-order valence-corrected chi connectivity index (χ1v) is 8.43. The molecule has 0 bridgehead atoms. The predicted molar refractivity (Wildman–Crippen MR) is 103 cm³/mol. The summed E-state index contributed by atoms with van der Waals surface area (Å²) in [6, 6.07) is 7.60. The lowest BCUT2D eigenvalue weighted by Gasteiger charge is -2.11. The average molecular weight is 419 g/mol. The lowest BCUT2D eigenvalue weighted by molar-refractivity contribution is 0.184. The van der Waals surface area contributed by atoms with Crippen molar-refractivity contribution in [1.29, 1.82) is 5.26 Å². The van der Waals surface area contributed by atoms with Gasteiger partial charge in [0.25, 0.3) is 0 Å². The van der Waals surface area contributed by atoms with E-state index in [4.69, 9.17) is 14.2 Å². The summed E-state index contributed by atoms with van der Waals surface area (Å²) in [7, 11) is 4.72. The van der Waals surface area contributed by atoms with Crippen LogP contribution in [0.2, 0.25) is 0 Å². The fourth-order valence-electron chi connectivity index (χ4n) is 2.40. The summed E-state index contributed by atoms with van der Waals surface area (Å²) < 4.78 is 16.5. The van der Waals surface area contributed by atoms with Gasteiger partial charge in [0.15, 0.2) is 17.3 Å². The fraction of sp³-hybridized carbons (Fsp3) is 0.278. The van der Waals surface area contributed by atoms with Gasteiger partial charge in [-0.25, -0.2) is 4.98 Å². The molecule has 0 unspecified atom stereocenters. The summed E-state index contributed by atoms with van der Waals surface area (Å²) in [5.41, 5.74) is 5.54. The van der Waals surface area contributed by atoms with Crippen LogP contribution in [-0.2, 0) is 11.3 Å². The maximum Gasteiger partial charge on any atom is 0.174 e. The van der Waals surface area contributed by atoms with E-state index >= 15 is 0 Å². The minimum absolute atomic E-state index is 0.327. The zero-order valence-electron chi connectivity index (χ0n) is 15.0. The summed E-state index contributed by atoms with van der Waals surface area (Å²) in [5.74, 6) is 1.57. The number of methoxy groups -OCH3 is 3. The Balaban J connectivity index is 2.29. The minimum Gasteiger partial charge on any atom is -0.493 e. The Bertz CT molecular complexity index is 862. The summed E-state index contributed by atoms with van der Waals surface area (Å²) in [5, 5.41) is 13.6. The Morgan fingerprint density at radius 1 is 1.27 bits per heavy atom. The molecule has 26 heavy (non-hydrogen) atoms. The van der Waals surface area contributed by atoms with Crippen molar-refractivity contribution in [3.05, 3.63) is 45.1 Å². The number of nitrogens with one attached hydrogen (secondary N) is 1. The molecule has 0 fully saturated rings. The van der Waals surface area contributed by atoms with Crippen LogP contribution in [0.4, 0.5) is 5.82 Å². The van der Waals surface area contributed by atoms with E-state index < -0.39 is 0 Å². The molecule has 2 rings (SSSR count). The first kappa shape index (κ1) is 19.7. The Morgan fingerprint density at radius 3 is 2.65 bits per heavy atom. The molecule has 0 amide bonds. The topological polar surface area (TPSA) is 88.8 Å². The van der Waals surface area contributed by atoms with Crippen molar-refractivity contribution in [3.63, 3.8) is 0 Å². The van der Waals surface area contributed by atoms with Gasteiger partial charge in [-0.05, 0) is 46.6 Å². The quantitative estimate of drug-likeness (QED) is 0.545. The zero-order valence-corrected chi connectivity index (χ0v) is 16.5. The summed E-state index contributed by atoms with van der Waals surface area (Å²) in [4.78, 5) is 4.34. The standard InChI is InChI=1S/C18H19BrN4O3/c1-11-5-13(10-24-2)14(8-20)18(22-11)23-21-9-12-6-15(19)17(26-4)16(7-12)25-3/h5-7,9H,10H2,1-4H3,(H,22,23)/b21-9-. The van der Waals surface area contributed by atoms with Crippen molar-refractivity contribution in [2.45, 2.75) is 13.5 Å². The van der Waals surface area contributed by atoms with E-state index in [0.717, 1.165) is 21.3 Å². The Kier molecular flexibility index (Phi) is 6.95. The van der Waals surface area contributed by atoms with Crippen molar-refractivity contribution >= 4 is 28.0 Å². The molecule has 0 aliphatic carbocycles. The maximum atomic E-state index is 9.42. The van der Waals surface area contributed by atoms with E-state index in [1.165, 1.54) is 0 Å². The number of anilines is 1. The molecule has 0 aliphatic heterocycles. The van der Waals surface area contributed by atoms with E-state index in [0.29, 0.717) is 29.5 Å². The van der Waals surface area contributed by atoms with E-state index in [1.54, 1.807) is 33.6 Å². The molecule has 7 nitrogen and oxygen atoms in total.